The Labute approximate surface area is 213 Å². The highest BCUT2D eigenvalue weighted by Gasteiger charge is 2.51. The molecule has 2 aliphatic rings. The van der Waals surface area contributed by atoms with Gasteiger partial charge in [0.15, 0.2) is 0 Å². The molecule has 7 rings (SSSR count). The van der Waals surface area contributed by atoms with Gasteiger partial charge in [-0.3, -0.25) is 0 Å². The zero-order valence-electron chi connectivity index (χ0n) is 21.0. The zero-order chi connectivity index (χ0) is 24.7. The average molecular weight is 464 g/mol. The van der Waals surface area contributed by atoms with Crippen LogP contribution in [0.15, 0.2) is 109 Å². The van der Waals surface area contributed by atoms with Gasteiger partial charge in [0.1, 0.15) is 0 Å². The quantitative estimate of drug-likeness (QED) is 0.242. The Bertz CT molecular complexity index is 1640. The van der Waals surface area contributed by atoms with Crippen molar-refractivity contribution in [1.82, 2.24) is 0 Å². The second-order valence-corrected chi connectivity index (χ2v) is 11.2. The van der Waals surface area contributed by atoms with Crippen LogP contribution in [-0.2, 0) is 10.8 Å². The van der Waals surface area contributed by atoms with Gasteiger partial charge in [0, 0.05) is 11.3 Å². The van der Waals surface area contributed by atoms with Crippen LogP contribution in [0.3, 0.4) is 0 Å². The highest BCUT2D eigenvalue weighted by Crippen LogP contribution is 2.63. The van der Waals surface area contributed by atoms with E-state index in [1.54, 1.807) is 0 Å². The van der Waals surface area contributed by atoms with Crippen LogP contribution in [0, 0.1) is 0 Å². The summed E-state index contributed by atoms with van der Waals surface area (Å²) < 4.78 is 0. The molecule has 5 aromatic rings. The molecular formula is C35H29N. The third kappa shape index (κ3) is 2.66. The van der Waals surface area contributed by atoms with Crippen molar-refractivity contribution in [3.8, 4) is 33.4 Å². The van der Waals surface area contributed by atoms with E-state index >= 15 is 0 Å². The lowest BCUT2D eigenvalue weighted by Gasteiger charge is -2.30. The van der Waals surface area contributed by atoms with Crippen LogP contribution < -0.4 is 5.73 Å². The van der Waals surface area contributed by atoms with Crippen LogP contribution in [0.25, 0.3) is 33.4 Å². The van der Waals surface area contributed by atoms with Gasteiger partial charge in [-0.05, 0) is 73.2 Å². The highest BCUT2D eigenvalue weighted by atomic mass is 14.6. The lowest BCUT2D eigenvalue weighted by Crippen LogP contribution is -2.26. The van der Waals surface area contributed by atoms with Gasteiger partial charge in [0.2, 0.25) is 0 Å². The molecule has 0 saturated heterocycles. The summed E-state index contributed by atoms with van der Waals surface area (Å²) in [5.74, 6) is 0. The van der Waals surface area contributed by atoms with E-state index in [1.165, 1.54) is 55.6 Å². The maximum Gasteiger partial charge on any atom is 0.0726 e. The van der Waals surface area contributed by atoms with E-state index in [4.69, 9.17) is 5.73 Å². The van der Waals surface area contributed by atoms with Crippen molar-refractivity contribution in [3.63, 3.8) is 0 Å². The normalized spacial score (nSPS) is 14.3. The molecule has 0 aliphatic heterocycles. The Hall–Kier alpha value is -4.10. The first kappa shape index (κ1) is 21.2. The lowest BCUT2D eigenvalue weighted by molar-refractivity contribution is 0.590. The van der Waals surface area contributed by atoms with Crippen LogP contribution in [-0.4, -0.2) is 0 Å². The molecular weight excluding hydrogens is 434 g/mol. The van der Waals surface area contributed by atoms with Gasteiger partial charge in [-0.1, -0.05) is 118 Å². The summed E-state index contributed by atoms with van der Waals surface area (Å²) in [6.07, 6.45) is 0. The van der Waals surface area contributed by atoms with E-state index in [9.17, 15) is 0 Å². The maximum atomic E-state index is 6.91. The molecule has 0 saturated carbocycles. The fourth-order valence-corrected chi connectivity index (χ4v) is 6.56. The fourth-order valence-electron chi connectivity index (χ4n) is 6.56. The molecule has 0 radical (unpaired) electrons. The van der Waals surface area contributed by atoms with Crippen LogP contribution in [0.1, 0.15) is 48.6 Å². The average Bonchev–Trinajstić information content (AvgIpc) is 3.35. The van der Waals surface area contributed by atoms with Gasteiger partial charge in [-0.25, -0.2) is 0 Å². The molecule has 2 N–H and O–H groups in total. The Balaban J connectivity index is 1.56. The number of anilines is 1. The maximum absolute atomic E-state index is 6.91. The minimum atomic E-state index is -0.348. The predicted molar refractivity (Wildman–Crippen MR) is 151 cm³/mol. The smallest absolute Gasteiger partial charge is 0.0726 e. The molecule has 1 nitrogen and oxygen atoms in total. The first-order valence-electron chi connectivity index (χ1n) is 12.7. The molecule has 0 heterocycles. The van der Waals surface area contributed by atoms with Gasteiger partial charge in [0.25, 0.3) is 0 Å². The molecule has 0 bridgehead atoms. The molecule has 2 aliphatic carbocycles. The lowest BCUT2D eigenvalue weighted by atomic mass is 9.70. The first-order valence-corrected chi connectivity index (χ1v) is 12.7. The number of hydrogen-bond acceptors (Lipinski definition) is 1. The fraction of sp³-hybridized carbons (Fsp3) is 0.143. The SMILES string of the molecule is CC(C)(C)c1cccc(-c2cc3c(cc2N)C2(c4ccccc4-c4ccccc42)c2ccccc2-3)c1. The Morgan fingerprint density at radius 2 is 1.03 bits per heavy atom. The van der Waals surface area contributed by atoms with Gasteiger partial charge in [-0.15, -0.1) is 0 Å². The van der Waals surface area contributed by atoms with Crippen molar-refractivity contribution in [2.45, 2.75) is 31.6 Å². The van der Waals surface area contributed by atoms with Crippen molar-refractivity contribution >= 4 is 5.69 Å². The van der Waals surface area contributed by atoms with Gasteiger partial charge in [-0.2, -0.15) is 0 Å². The standard InChI is InChI=1S/C35H29N/c1-34(2,3)23-12-10-11-22(19-23)27-20-28-26-15-6-9-18-31(26)35(32(28)21-33(27)36)29-16-7-4-13-24(29)25-14-5-8-17-30(25)35/h4-21H,36H2,1-3H3. The van der Waals surface area contributed by atoms with Crippen LogP contribution >= 0.6 is 0 Å². The third-order valence-corrected chi connectivity index (χ3v) is 8.21. The molecule has 1 heteroatoms. The summed E-state index contributed by atoms with van der Waals surface area (Å²) in [5.41, 5.74) is 21.6. The summed E-state index contributed by atoms with van der Waals surface area (Å²) in [6, 6.07) is 40.1. The molecule has 36 heavy (non-hydrogen) atoms. The molecule has 1 spiro atoms. The summed E-state index contributed by atoms with van der Waals surface area (Å²) in [6.45, 7) is 6.77. The second-order valence-electron chi connectivity index (χ2n) is 11.2. The number of hydrogen-bond donors (Lipinski definition) is 1. The highest BCUT2D eigenvalue weighted by molar-refractivity contribution is 5.97. The van der Waals surface area contributed by atoms with Crippen LogP contribution in [0.4, 0.5) is 5.69 Å². The van der Waals surface area contributed by atoms with Crippen molar-refractivity contribution in [3.05, 3.63) is 137 Å². The van der Waals surface area contributed by atoms with Crippen LogP contribution in [0.2, 0.25) is 0 Å². The monoisotopic (exact) mass is 463 g/mol. The van der Waals surface area contributed by atoms with Crippen molar-refractivity contribution in [2.75, 3.05) is 5.73 Å². The van der Waals surface area contributed by atoms with Gasteiger partial charge >= 0.3 is 0 Å². The summed E-state index contributed by atoms with van der Waals surface area (Å²) in [4.78, 5) is 0. The molecule has 0 fully saturated rings. The molecule has 0 unspecified atom stereocenters. The van der Waals surface area contributed by atoms with E-state index in [0.717, 1.165) is 11.3 Å². The number of nitrogen functional groups attached to an aromatic ring is 1. The number of fused-ring (bicyclic) bond motifs is 10. The second kappa shape index (κ2) is 7.21. The number of nitrogens with two attached hydrogens (primary N) is 1. The zero-order valence-corrected chi connectivity index (χ0v) is 21.0. The molecule has 174 valence electrons. The first-order chi connectivity index (χ1) is 17.4. The summed E-state index contributed by atoms with van der Waals surface area (Å²) in [5, 5.41) is 0. The largest absolute Gasteiger partial charge is 0.398 e. The van der Waals surface area contributed by atoms with E-state index in [-0.39, 0.29) is 10.8 Å². The predicted octanol–water partition coefficient (Wildman–Crippen LogP) is 8.58. The van der Waals surface area contributed by atoms with Gasteiger partial charge < -0.3 is 5.73 Å². The van der Waals surface area contributed by atoms with Crippen LogP contribution in [0.5, 0.6) is 0 Å². The summed E-state index contributed by atoms with van der Waals surface area (Å²) in [7, 11) is 0. The topological polar surface area (TPSA) is 26.0 Å². The van der Waals surface area contributed by atoms with Gasteiger partial charge in [0.05, 0.1) is 5.41 Å². The summed E-state index contributed by atoms with van der Waals surface area (Å²) >= 11 is 0. The number of rotatable bonds is 1. The molecule has 0 amide bonds. The minimum Gasteiger partial charge on any atom is -0.398 e. The third-order valence-electron chi connectivity index (χ3n) is 8.21. The van der Waals surface area contributed by atoms with Crippen molar-refractivity contribution in [1.29, 1.82) is 0 Å². The Morgan fingerprint density at radius 1 is 0.500 bits per heavy atom. The van der Waals surface area contributed by atoms with E-state index in [0.29, 0.717) is 0 Å². The molecule has 0 aromatic heterocycles. The minimum absolute atomic E-state index is 0.0788. The number of benzene rings is 5. The van der Waals surface area contributed by atoms with E-state index in [2.05, 4.69) is 130 Å². The van der Waals surface area contributed by atoms with E-state index in [1.807, 2.05) is 0 Å². The van der Waals surface area contributed by atoms with Crippen molar-refractivity contribution < 1.29 is 0 Å². The van der Waals surface area contributed by atoms with Crippen molar-refractivity contribution in [2.24, 2.45) is 0 Å². The Morgan fingerprint density at radius 3 is 1.58 bits per heavy atom. The molecule has 0 atom stereocenters. The van der Waals surface area contributed by atoms with E-state index < -0.39 is 0 Å². The Kier molecular flexibility index (Phi) is 4.25. The molecule has 5 aromatic carbocycles.